The molecule has 21 heavy (non-hydrogen) atoms. The Balaban J connectivity index is 2.97. The summed E-state index contributed by atoms with van der Waals surface area (Å²) in [5.41, 5.74) is 2.18. The highest BCUT2D eigenvalue weighted by Gasteiger charge is 2.29. The fraction of sp³-hybridized carbons (Fsp3) is 0.571. The van der Waals surface area contributed by atoms with Gasteiger partial charge in [-0.2, -0.15) is 8.15 Å². The van der Waals surface area contributed by atoms with Crippen molar-refractivity contribution in [2.75, 3.05) is 0 Å². The van der Waals surface area contributed by atoms with Gasteiger partial charge < -0.3 is 4.52 Å². The average Bonchev–Trinajstić information content (AvgIpc) is 2.52. The van der Waals surface area contributed by atoms with Gasteiger partial charge in [0.2, 0.25) is 0 Å². The van der Waals surface area contributed by atoms with Crippen molar-refractivity contribution >= 4 is 31.6 Å². The SMILES string of the molecule is CCCCc1ccc(OP(=O)(OCl)OCl)c(CCCC)c1. The Bertz CT molecular complexity index is 474. The van der Waals surface area contributed by atoms with E-state index < -0.39 is 7.82 Å². The van der Waals surface area contributed by atoms with Crippen molar-refractivity contribution in [3.63, 3.8) is 0 Å². The molecular formula is C14H21Cl2O4P. The molecule has 0 aliphatic heterocycles. The first kappa shape index (κ1) is 18.8. The molecule has 0 aliphatic carbocycles. The summed E-state index contributed by atoms with van der Waals surface area (Å²) in [5, 5.41) is 0. The second-order valence-electron chi connectivity index (χ2n) is 4.83. The lowest BCUT2D eigenvalue weighted by Crippen LogP contribution is -1.99. The molecule has 0 radical (unpaired) electrons. The van der Waals surface area contributed by atoms with E-state index in [1.54, 1.807) is 6.07 Å². The molecule has 0 saturated carbocycles. The van der Waals surface area contributed by atoms with Crippen LogP contribution in [0.2, 0.25) is 0 Å². The van der Waals surface area contributed by atoms with Crippen molar-refractivity contribution in [3.8, 4) is 5.75 Å². The highest BCUT2D eigenvalue weighted by atomic mass is 35.5. The summed E-state index contributed by atoms with van der Waals surface area (Å²) >= 11 is 10.2. The van der Waals surface area contributed by atoms with Crippen LogP contribution in [0.5, 0.6) is 5.75 Å². The molecule has 1 rings (SSSR count). The normalized spacial score (nSPS) is 11.6. The predicted octanol–water partition coefficient (Wildman–Crippen LogP) is 6.20. The Labute approximate surface area is 136 Å². The fourth-order valence-electron chi connectivity index (χ4n) is 1.98. The van der Waals surface area contributed by atoms with Gasteiger partial charge in [-0.3, -0.25) is 0 Å². The highest BCUT2D eigenvalue weighted by Crippen LogP contribution is 2.52. The van der Waals surface area contributed by atoms with Gasteiger partial charge in [0.05, 0.1) is 23.7 Å². The molecule has 120 valence electrons. The number of halogens is 2. The van der Waals surface area contributed by atoms with E-state index in [9.17, 15) is 4.57 Å². The lowest BCUT2D eigenvalue weighted by molar-refractivity contribution is 0.317. The van der Waals surface area contributed by atoms with Crippen LogP contribution in [0.4, 0.5) is 0 Å². The van der Waals surface area contributed by atoms with Crippen molar-refractivity contribution in [2.45, 2.75) is 52.4 Å². The Morgan fingerprint density at radius 3 is 2.24 bits per heavy atom. The molecule has 0 amide bonds. The van der Waals surface area contributed by atoms with Gasteiger partial charge in [-0.15, -0.1) is 0 Å². The molecule has 0 atom stereocenters. The molecule has 1 aromatic rings. The van der Waals surface area contributed by atoms with Gasteiger partial charge in [-0.25, -0.2) is 4.57 Å². The van der Waals surface area contributed by atoms with E-state index in [4.69, 9.17) is 28.3 Å². The molecule has 1 aromatic carbocycles. The van der Waals surface area contributed by atoms with Crippen LogP contribution < -0.4 is 4.52 Å². The van der Waals surface area contributed by atoms with Crippen molar-refractivity contribution in [1.82, 2.24) is 0 Å². The summed E-state index contributed by atoms with van der Waals surface area (Å²) in [6.45, 7) is 4.26. The molecule has 0 fully saturated rings. The first-order valence-electron chi connectivity index (χ1n) is 7.10. The summed E-state index contributed by atoms with van der Waals surface area (Å²) in [6.07, 6.45) is 6.14. The summed E-state index contributed by atoms with van der Waals surface area (Å²) in [5.74, 6) is 0.424. The largest absolute Gasteiger partial charge is 0.563 e. The van der Waals surface area contributed by atoms with Crippen LogP contribution in [-0.4, -0.2) is 0 Å². The maximum Gasteiger partial charge on any atom is 0.563 e. The van der Waals surface area contributed by atoms with Gasteiger partial charge in [0.15, 0.2) is 0 Å². The predicted molar refractivity (Wildman–Crippen MR) is 85.8 cm³/mol. The zero-order valence-electron chi connectivity index (χ0n) is 12.3. The summed E-state index contributed by atoms with van der Waals surface area (Å²) < 4.78 is 25.5. The third kappa shape index (κ3) is 6.17. The third-order valence-corrected chi connectivity index (χ3v) is 4.90. The zero-order chi connectivity index (χ0) is 15.7. The molecule has 0 N–H and O–H groups in total. The second-order valence-corrected chi connectivity index (χ2v) is 7.01. The first-order chi connectivity index (χ1) is 10.1. The summed E-state index contributed by atoms with van der Waals surface area (Å²) in [4.78, 5) is 0. The van der Waals surface area contributed by atoms with E-state index in [1.165, 1.54) is 5.56 Å². The maximum atomic E-state index is 11.9. The molecule has 0 saturated heterocycles. The minimum atomic E-state index is -3.97. The van der Waals surface area contributed by atoms with Crippen molar-refractivity contribution in [2.24, 2.45) is 0 Å². The van der Waals surface area contributed by atoms with E-state index in [1.807, 2.05) is 6.07 Å². The van der Waals surface area contributed by atoms with Crippen LogP contribution in [0.25, 0.3) is 0 Å². The van der Waals surface area contributed by atoms with E-state index in [2.05, 4.69) is 28.1 Å². The number of benzene rings is 1. The topological polar surface area (TPSA) is 44.8 Å². The van der Waals surface area contributed by atoms with Crippen molar-refractivity contribution < 1.29 is 17.2 Å². The molecule has 0 aromatic heterocycles. The van der Waals surface area contributed by atoms with Gasteiger partial charge in [-0.1, -0.05) is 38.8 Å². The number of rotatable bonds is 10. The molecule has 0 aliphatic rings. The van der Waals surface area contributed by atoms with E-state index >= 15 is 0 Å². The van der Waals surface area contributed by atoms with Crippen molar-refractivity contribution in [1.29, 1.82) is 0 Å². The van der Waals surface area contributed by atoms with Crippen LogP contribution in [0.3, 0.4) is 0 Å². The van der Waals surface area contributed by atoms with Crippen molar-refractivity contribution in [3.05, 3.63) is 29.3 Å². The zero-order valence-corrected chi connectivity index (χ0v) is 14.7. The van der Waals surface area contributed by atoms with Crippen LogP contribution in [0, 0.1) is 0 Å². The first-order valence-corrected chi connectivity index (χ1v) is 9.18. The quantitative estimate of drug-likeness (QED) is 0.469. The number of hydrogen-bond acceptors (Lipinski definition) is 4. The third-order valence-electron chi connectivity index (χ3n) is 3.12. The molecular weight excluding hydrogens is 334 g/mol. The molecule has 0 unspecified atom stereocenters. The van der Waals surface area contributed by atoms with Gasteiger partial charge in [0, 0.05) is 0 Å². The van der Waals surface area contributed by atoms with E-state index in [-0.39, 0.29) is 0 Å². The Morgan fingerprint density at radius 2 is 1.67 bits per heavy atom. The fourth-order valence-corrected chi connectivity index (χ4v) is 2.90. The van der Waals surface area contributed by atoms with Crippen LogP contribution in [0.1, 0.15) is 50.7 Å². The summed E-state index contributed by atoms with van der Waals surface area (Å²) in [7, 11) is -3.97. The molecule has 0 bridgehead atoms. The lowest BCUT2D eigenvalue weighted by Gasteiger charge is -2.15. The van der Waals surface area contributed by atoms with Crippen LogP contribution >= 0.6 is 31.6 Å². The number of unbranched alkanes of at least 4 members (excludes halogenated alkanes) is 2. The maximum absolute atomic E-state index is 11.9. The Morgan fingerprint density at radius 1 is 1.05 bits per heavy atom. The molecule has 0 heterocycles. The standard InChI is InChI=1S/C14H21Cl2O4P/c1-3-5-7-12-9-10-14(13(11-12)8-6-4-2)18-21(17,19-15)20-16/h9-11H,3-8H2,1-2H3. The van der Waals surface area contributed by atoms with Gasteiger partial charge in [-0.05, 0) is 42.9 Å². The smallest absolute Gasteiger partial charge is 0.402 e. The Hall–Kier alpha value is -0.250. The van der Waals surface area contributed by atoms with Gasteiger partial charge >= 0.3 is 7.82 Å². The molecule has 7 heteroatoms. The number of phosphoric acid groups is 1. The second kappa shape index (κ2) is 9.70. The van der Waals surface area contributed by atoms with Gasteiger partial charge in [0.1, 0.15) is 5.75 Å². The number of hydrogen-bond donors (Lipinski definition) is 0. The monoisotopic (exact) mass is 354 g/mol. The van der Waals surface area contributed by atoms with E-state index in [0.717, 1.165) is 44.1 Å². The average molecular weight is 355 g/mol. The summed E-state index contributed by atoms with van der Waals surface area (Å²) in [6, 6.07) is 5.76. The minimum Gasteiger partial charge on any atom is -0.402 e. The molecule has 4 nitrogen and oxygen atoms in total. The van der Waals surface area contributed by atoms with Crippen LogP contribution in [-0.2, 0) is 25.6 Å². The molecule has 0 spiro atoms. The number of aryl methyl sites for hydroxylation is 2. The van der Waals surface area contributed by atoms with Crippen LogP contribution in [0.15, 0.2) is 18.2 Å². The highest BCUT2D eigenvalue weighted by molar-refractivity contribution is 7.50. The van der Waals surface area contributed by atoms with E-state index in [0.29, 0.717) is 5.75 Å². The van der Waals surface area contributed by atoms with Gasteiger partial charge in [0.25, 0.3) is 0 Å². The lowest BCUT2D eigenvalue weighted by atomic mass is 10.0. The minimum absolute atomic E-state index is 0.424. The Kier molecular flexibility index (Phi) is 8.69.